The molecule has 0 saturated carbocycles. The molecule has 0 spiro atoms. The Morgan fingerprint density at radius 3 is 2.33 bits per heavy atom. The first-order chi connectivity index (χ1) is 12.8. The molecule has 11 heteroatoms. The van der Waals surface area contributed by atoms with Crippen LogP contribution < -0.4 is 11.1 Å². The van der Waals surface area contributed by atoms with Gasteiger partial charge in [0.15, 0.2) is 0 Å². The molecule has 0 aliphatic rings. The molecular formula is C16H11F3N6O2. The molecule has 1 aromatic heterocycles. The molecule has 0 radical (unpaired) electrons. The number of carbonyl (C=O) groups excluding carboxylic acids is 2. The largest absolute Gasteiger partial charge is 0.416 e. The number of aromatic nitrogens is 4. The molecule has 0 aliphatic heterocycles. The second kappa shape index (κ2) is 6.86. The van der Waals surface area contributed by atoms with Crippen molar-refractivity contribution in [1.82, 2.24) is 20.2 Å². The van der Waals surface area contributed by atoms with Crippen molar-refractivity contribution in [3.63, 3.8) is 0 Å². The highest BCUT2D eigenvalue weighted by molar-refractivity contribution is 6.07. The maximum atomic E-state index is 12.6. The minimum absolute atomic E-state index is 0.0981. The number of alkyl halides is 3. The van der Waals surface area contributed by atoms with E-state index in [1.165, 1.54) is 12.1 Å². The number of halogens is 3. The van der Waals surface area contributed by atoms with Crippen molar-refractivity contribution in [3.8, 4) is 5.69 Å². The minimum Gasteiger partial charge on any atom is -0.366 e. The first-order valence-corrected chi connectivity index (χ1v) is 7.43. The number of anilines is 1. The van der Waals surface area contributed by atoms with Gasteiger partial charge in [-0.2, -0.15) is 13.2 Å². The molecule has 0 unspecified atom stereocenters. The Kier molecular flexibility index (Phi) is 4.59. The molecule has 3 aromatic rings. The zero-order valence-electron chi connectivity index (χ0n) is 13.4. The predicted molar refractivity (Wildman–Crippen MR) is 87.1 cm³/mol. The van der Waals surface area contributed by atoms with Crippen molar-refractivity contribution >= 4 is 17.5 Å². The Balaban J connectivity index is 1.80. The van der Waals surface area contributed by atoms with Crippen LogP contribution >= 0.6 is 0 Å². The van der Waals surface area contributed by atoms with Gasteiger partial charge in [0.2, 0.25) is 0 Å². The molecule has 27 heavy (non-hydrogen) atoms. The Morgan fingerprint density at radius 1 is 1.04 bits per heavy atom. The van der Waals surface area contributed by atoms with E-state index in [9.17, 15) is 22.8 Å². The lowest BCUT2D eigenvalue weighted by Crippen LogP contribution is -2.19. The van der Waals surface area contributed by atoms with E-state index in [0.717, 1.165) is 29.1 Å². The maximum absolute atomic E-state index is 12.6. The van der Waals surface area contributed by atoms with Gasteiger partial charge in [-0.05, 0) is 41.6 Å². The summed E-state index contributed by atoms with van der Waals surface area (Å²) in [7, 11) is 0. The van der Waals surface area contributed by atoms with Gasteiger partial charge < -0.3 is 11.1 Å². The highest BCUT2D eigenvalue weighted by Crippen LogP contribution is 2.29. The fraction of sp³-hybridized carbons (Fsp3) is 0.0625. The van der Waals surface area contributed by atoms with Gasteiger partial charge in [-0.3, -0.25) is 9.59 Å². The van der Waals surface area contributed by atoms with Crippen LogP contribution in [0, 0.1) is 0 Å². The SMILES string of the molecule is NC(=O)c1ccccc1NC(=O)c1nnn(-c2ccc(C(F)(F)F)cc2)n1. The number of para-hydroxylation sites is 1. The number of nitrogens with zero attached hydrogens (tertiary/aromatic N) is 4. The van der Waals surface area contributed by atoms with Crippen molar-refractivity contribution in [2.45, 2.75) is 6.18 Å². The molecule has 0 bridgehead atoms. The van der Waals surface area contributed by atoms with E-state index in [0.29, 0.717) is 0 Å². The predicted octanol–water partition coefficient (Wildman–Crippen LogP) is 2.03. The second-order valence-electron chi connectivity index (χ2n) is 5.31. The van der Waals surface area contributed by atoms with Crippen LogP contribution in [0.25, 0.3) is 5.69 Å². The van der Waals surface area contributed by atoms with Crippen LogP contribution in [0.5, 0.6) is 0 Å². The minimum atomic E-state index is -4.47. The molecule has 0 atom stereocenters. The third kappa shape index (κ3) is 3.92. The van der Waals surface area contributed by atoms with Gasteiger partial charge in [0.25, 0.3) is 17.6 Å². The molecule has 8 nitrogen and oxygen atoms in total. The van der Waals surface area contributed by atoms with E-state index in [4.69, 9.17) is 5.73 Å². The molecule has 1 heterocycles. The third-order valence-electron chi connectivity index (χ3n) is 3.48. The first kappa shape index (κ1) is 18.0. The van der Waals surface area contributed by atoms with Gasteiger partial charge in [0, 0.05) is 0 Å². The smallest absolute Gasteiger partial charge is 0.366 e. The average molecular weight is 376 g/mol. The number of primary amides is 1. The van der Waals surface area contributed by atoms with Crippen LogP contribution in [0.1, 0.15) is 26.5 Å². The zero-order valence-corrected chi connectivity index (χ0v) is 13.4. The molecule has 2 aromatic carbocycles. The van der Waals surface area contributed by atoms with Crippen molar-refractivity contribution in [2.75, 3.05) is 5.32 Å². The molecular weight excluding hydrogens is 365 g/mol. The van der Waals surface area contributed by atoms with Crippen molar-refractivity contribution in [2.24, 2.45) is 5.73 Å². The summed E-state index contributed by atoms with van der Waals surface area (Å²) in [5.74, 6) is -1.83. The lowest BCUT2D eigenvalue weighted by Gasteiger charge is -2.07. The average Bonchev–Trinajstić information content (AvgIpc) is 3.11. The summed E-state index contributed by atoms with van der Waals surface area (Å²) in [6, 6.07) is 10.1. The van der Waals surface area contributed by atoms with Crippen LogP contribution in [0.15, 0.2) is 48.5 Å². The molecule has 3 rings (SSSR count). The van der Waals surface area contributed by atoms with E-state index in [1.54, 1.807) is 12.1 Å². The number of nitrogens with two attached hydrogens (primary N) is 1. The van der Waals surface area contributed by atoms with E-state index in [1.807, 2.05) is 0 Å². The van der Waals surface area contributed by atoms with Gasteiger partial charge in [0.05, 0.1) is 22.5 Å². The van der Waals surface area contributed by atoms with Crippen LogP contribution in [0.2, 0.25) is 0 Å². The van der Waals surface area contributed by atoms with Crippen LogP contribution in [0.3, 0.4) is 0 Å². The van der Waals surface area contributed by atoms with E-state index in [-0.39, 0.29) is 22.8 Å². The maximum Gasteiger partial charge on any atom is 0.416 e. The lowest BCUT2D eigenvalue weighted by atomic mass is 10.1. The van der Waals surface area contributed by atoms with Gasteiger partial charge >= 0.3 is 6.18 Å². The van der Waals surface area contributed by atoms with Crippen LogP contribution in [0.4, 0.5) is 18.9 Å². The van der Waals surface area contributed by atoms with Crippen LogP contribution in [-0.4, -0.2) is 32.0 Å². The summed E-state index contributed by atoms with van der Waals surface area (Å²) in [4.78, 5) is 24.5. The van der Waals surface area contributed by atoms with Gasteiger partial charge in [-0.15, -0.1) is 15.0 Å². The molecule has 0 fully saturated rings. The molecule has 3 N–H and O–H groups in total. The Morgan fingerprint density at radius 2 is 1.70 bits per heavy atom. The summed E-state index contributed by atoms with van der Waals surface area (Å²) in [5.41, 5.74) is 4.86. The Labute approximate surface area is 149 Å². The summed E-state index contributed by atoms with van der Waals surface area (Å²) >= 11 is 0. The fourth-order valence-electron chi connectivity index (χ4n) is 2.18. The Hall–Kier alpha value is -3.76. The molecule has 0 saturated heterocycles. The monoisotopic (exact) mass is 376 g/mol. The summed E-state index contributed by atoms with van der Waals surface area (Å²) in [5, 5.41) is 13.5. The molecule has 0 aliphatic carbocycles. The van der Waals surface area contributed by atoms with E-state index in [2.05, 4.69) is 20.7 Å². The van der Waals surface area contributed by atoms with Gasteiger partial charge in [-0.1, -0.05) is 12.1 Å². The van der Waals surface area contributed by atoms with Gasteiger partial charge in [0.1, 0.15) is 0 Å². The highest BCUT2D eigenvalue weighted by Gasteiger charge is 2.30. The Bertz CT molecular complexity index is 998. The van der Waals surface area contributed by atoms with Crippen molar-refractivity contribution < 1.29 is 22.8 Å². The third-order valence-corrected chi connectivity index (χ3v) is 3.48. The van der Waals surface area contributed by atoms with E-state index < -0.39 is 23.6 Å². The van der Waals surface area contributed by atoms with Crippen LogP contribution in [-0.2, 0) is 6.18 Å². The number of nitrogens with one attached hydrogen (secondary N) is 1. The summed E-state index contributed by atoms with van der Waals surface area (Å²) in [6.45, 7) is 0. The zero-order chi connectivity index (χ0) is 19.6. The normalized spacial score (nSPS) is 11.2. The fourth-order valence-corrected chi connectivity index (χ4v) is 2.18. The topological polar surface area (TPSA) is 116 Å². The van der Waals surface area contributed by atoms with E-state index >= 15 is 0 Å². The number of benzene rings is 2. The van der Waals surface area contributed by atoms with Crippen molar-refractivity contribution in [3.05, 3.63) is 65.5 Å². The highest BCUT2D eigenvalue weighted by atomic mass is 19.4. The number of tetrazole rings is 1. The van der Waals surface area contributed by atoms with Crippen molar-refractivity contribution in [1.29, 1.82) is 0 Å². The standard InChI is InChI=1S/C16H11F3N6O2/c17-16(18,19)9-5-7-10(8-6-9)25-23-14(22-24-25)15(27)21-12-4-2-1-3-11(12)13(20)26/h1-8H,(H2,20,26)(H,21,27). The quantitative estimate of drug-likeness (QED) is 0.723. The number of carbonyl (C=O) groups is 2. The lowest BCUT2D eigenvalue weighted by molar-refractivity contribution is -0.137. The molecule has 138 valence electrons. The second-order valence-corrected chi connectivity index (χ2v) is 5.31. The number of hydrogen-bond acceptors (Lipinski definition) is 5. The number of amides is 2. The van der Waals surface area contributed by atoms with Gasteiger partial charge in [-0.25, -0.2) is 0 Å². The molecule has 2 amide bonds. The summed E-state index contributed by atoms with van der Waals surface area (Å²) in [6.07, 6.45) is -4.47. The number of rotatable bonds is 4. The first-order valence-electron chi connectivity index (χ1n) is 7.43. The number of hydrogen-bond donors (Lipinski definition) is 2. The summed E-state index contributed by atoms with van der Waals surface area (Å²) < 4.78 is 37.8.